The molecule has 4 saturated carbocycles. The van der Waals surface area contributed by atoms with Gasteiger partial charge >= 0.3 is 11.9 Å². The summed E-state index contributed by atoms with van der Waals surface area (Å²) in [6.07, 6.45) is -21.2. The molecule has 26 unspecified atom stereocenters. The molecule has 8 rings (SSSR count). The van der Waals surface area contributed by atoms with Crippen molar-refractivity contribution in [3.63, 3.8) is 0 Å². The molecule has 0 aromatic carbocycles. The van der Waals surface area contributed by atoms with Crippen molar-refractivity contribution in [2.24, 2.45) is 23.7 Å². The fraction of sp³-hybridized carbons (Fsp3) is 0.887. The van der Waals surface area contributed by atoms with E-state index in [2.05, 4.69) is 0 Å². The summed E-state index contributed by atoms with van der Waals surface area (Å²) in [6.45, 7) is 0.476. The van der Waals surface area contributed by atoms with Crippen LogP contribution in [0.15, 0.2) is 24.3 Å². The van der Waals surface area contributed by atoms with E-state index in [9.17, 15) is 76.0 Å². The molecule has 13 N–H and O–H groups in total. The van der Waals surface area contributed by atoms with Crippen molar-refractivity contribution < 1.29 is 128 Å². The number of hydrogen-bond acceptors (Lipinski definition) is 26. The standard InChI is InChI=1S/C53H84O26/c1-22-49(79-39(59)13-7-23-4-9-27(10-5-23)74-52-46(66)43(63)41(61)36(77-52)20-71-38(58)12-8-24-6-11-29(55)31(57)14-24)45(65)48(68)51(73-22)72-21-37-42(62)44(64)47(67)53(78-37)76-35-19-28-30(56)17-26(54)18-32(28)75-50(35)25-15-33(69-2)40(60)34(16-25)70-3/h7-8,12-13,22-37,40-57,60-68H,4-6,9-11,14-21H2,1-3H3. The number of ether oxygens (including phenoxy) is 11. The number of carbonyl (C=O) groups is 2. The predicted octanol–water partition coefficient (Wildman–Crippen LogP) is -3.78. The SMILES string of the molecule is COC1CC(C2OC3CC(O)CC(O)C3CC2OC2OC(COC3OC(C)C(OC(=O)C=CC4CCC(OC5OC(COC(=O)C=CC6CCC(O)C(O)C6)C(O)C(O)C5O)CC4)C(O)C3O)C(O)C(O)C2O)CC(OC)C1O. The average Bonchev–Trinajstić information content (AvgIpc) is 3.51. The third-order valence-corrected chi connectivity index (χ3v) is 17.5. The lowest BCUT2D eigenvalue weighted by Crippen LogP contribution is -2.63. The quantitative estimate of drug-likeness (QED) is 0.0491. The van der Waals surface area contributed by atoms with Gasteiger partial charge in [0.25, 0.3) is 0 Å². The fourth-order valence-electron chi connectivity index (χ4n) is 12.7. The van der Waals surface area contributed by atoms with Crippen LogP contribution in [0.4, 0.5) is 0 Å². The van der Waals surface area contributed by atoms with Crippen molar-refractivity contribution in [3.8, 4) is 0 Å². The molecule has 0 amide bonds. The van der Waals surface area contributed by atoms with E-state index in [0.29, 0.717) is 57.8 Å². The van der Waals surface area contributed by atoms with Crippen molar-refractivity contribution in [1.29, 1.82) is 0 Å². The van der Waals surface area contributed by atoms with Gasteiger partial charge in [-0.1, -0.05) is 12.2 Å². The number of rotatable bonds is 17. The maximum atomic E-state index is 13.1. The Bertz CT molecular complexity index is 1980. The van der Waals surface area contributed by atoms with E-state index in [0.717, 1.165) is 0 Å². The molecule has 4 aliphatic heterocycles. The van der Waals surface area contributed by atoms with Crippen LogP contribution in [0.3, 0.4) is 0 Å². The highest BCUT2D eigenvalue weighted by Gasteiger charge is 2.54. The summed E-state index contributed by atoms with van der Waals surface area (Å²) in [5, 5.41) is 139. The van der Waals surface area contributed by atoms with E-state index in [1.54, 1.807) is 12.2 Å². The molecule has 0 aromatic rings. The van der Waals surface area contributed by atoms with E-state index in [-0.39, 0.29) is 37.0 Å². The Morgan fingerprint density at radius 3 is 1.72 bits per heavy atom. The van der Waals surface area contributed by atoms with Crippen LogP contribution in [0.5, 0.6) is 0 Å². The van der Waals surface area contributed by atoms with E-state index in [4.69, 9.17) is 52.1 Å². The zero-order valence-corrected chi connectivity index (χ0v) is 44.7. The molecule has 26 nitrogen and oxygen atoms in total. The molecule has 79 heavy (non-hydrogen) atoms. The summed E-state index contributed by atoms with van der Waals surface area (Å²) in [7, 11) is 2.94. The van der Waals surface area contributed by atoms with Crippen LogP contribution in [0.2, 0.25) is 0 Å². The van der Waals surface area contributed by atoms with Gasteiger partial charge in [-0.3, -0.25) is 0 Å². The summed E-state index contributed by atoms with van der Waals surface area (Å²) >= 11 is 0. The number of fused-ring (bicyclic) bond motifs is 1. The van der Waals surface area contributed by atoms with Gasteiger partial charge in [-0.15, -0.1) is 0 Å². The molecule has 0 radical (unpaired) electrons. The lowest BCUT2D eigenvalue weighted by molar-refractivity contribution is -0.346. The minimum absolute atomic E-state index is 0.113. The van der Waals surface area contributed by atoms with Crippen LogP contribution in [0, 0.1) is 23.7 Å². The molecule has 452 valence electrons. The normalized spacial score (nSPS) is 49.1. The van der Waals surface area contributed by atoms with Gasteiger partial charge < -0.3 is 118 Å². The zero-order chi connectivity index (χ0) is 57.0. The largest absolute Gasteiger partial charge is 0.460 e. The summed E-state index contributed by atoms with van der Waals surface area (Å²) in [6, 6.07) is 0. The molecule has 4 saturated heterocycles. The Hall–Kier alpha value is -2.46. The van der Waals surface area contributed by atoms with Crippen molar-refractivity contribution in [3.05, 3.63) is 24.3 Å². The first-order valence-electron chi connectivity index (χ1n) is 27.8. The van der Waals surface area contributed by atoms with Crippen LogP contribution in [0.25, 0.3) is 0 Å². The first-order valence-corrected chi connectivity index (χ1v) is 27.8. The summed E-state index contributed by atoms with van der Waals surface area (Å²) in [4.78, 5) is 25.5. The highest BCUT2D eigenvalue weighted by atomic mass is 16.7. The summed E-state index contributed by atoms with van der Waals surface area (Å²) in [5.41, 5.74) is 0. The highest BCUT2D eigenvalue weighted by Crippen LogP contribution is 2.44. The minimum Gasteiger partial charge on any atom is -0.460 e. The van der Waals surface area contributed by atoms with Gasteiger partial charge in [0, 0.05) is 32.3 Å². The lowest BCUT2D eigenvalue weighted by atomic mass is 9.72. The van der Waals surface area contributed by atoms with Gasteiger partial charge in [0.1, 0.15) is 73.8 Å². The van der Waals surface area contributed by atoms with Crippen molar-refractivity contribution in [1.82, 2.24) is 0 Å². The second kappa shape index (κ2) is 28.0. The van der Waals surface area contributed by atoms with Crippen LogP contribution in [-0.4, -0.2) is 265 Å². The second-order valence-corrected chi connectivity index (χ2v) is 22.9. The highest BCUT2D eigenvalue weighted by molar-refractivity contribution is 5.82. The third-order valence-electron chi connectivity index (χ3n) is 17.5. The van der Waals surface area contributed by atoms with Gasteiger partial charge in [0.05, 0.1) is 73.8 Å². The Morgan fingerprint density at radius 2 is 1.09 bits per heavy atom. The molecule has 26 atom stereocenters. The lowest BCUT2D eigenvalue weighted by Gasteiger charge is -2.52. The number of methoxy groups -OCH3 is 2. The first kappa shape index (κ1) is 62.6. The maximum Gasteiger partial charge on any atom is 0.330 e. The molecule has 4 aliphatic carbocycles. The predicted molar refractivity (Wildman–Crippen MR) is 264 cm³/mol. The minimum atomic E-state index is -1.81. The topological polar surface area (TPSA) is 399 Å². The van der Waals surface area contributed by atoms with Gasteiger partial charge in [0.2, 0.25) is 0 Å². The van der Waals surface area contributed by atoms with E-state index in [1.807, 2.05) is 0 Å². The van der Waals surface area contributed by atoms with Crippen molar-refractivity contribution >= 4 is 11.9 Å². The Kier molecular flexibility index (Phi) is 22.1. The Balaban J connectivity index is 0.787. The summed E-state index contributed by atoms with van der Waals surface area (Å²) in [5.74, 6) is -2.63. The van der Waals surface area contributed by atoms with Crippen LogP contribution in [0.1, 0.15) is 84.0 Å². The number of aliphatic hydroxyl groups excluding tert-OH is 13. The molecule has 8 aliphatic rings. The Morgan fingerprint density at radius 1 is 0.506 bits per heavy atom. The molecule has 8 fully saturated rings. The molecular weight excluding hydrogens is 1050 g/mol. The van der Waals surface area contributed by atoms with Gasteiger partial charge in [-0.2, -0.15) is 0 Å². The number of hydrogen-bond donors (Lipinski definition) is 13. The molecule has 0 aromatic heterocycles. The van der Waals surface area contributed by atoms with Gasteiger partial charge in [-0.05, 0) is 102 Å². The fourth-order valence-corrected chi connectivity index (χ4v) is 12.7. The van der Waals surface area contributed by atoms with E-state index in [1.165, 1.54) is 33.3 Å². The molecule has 4 heterocycles. The van der Waals surface area contributed by atoms with Crippen LogP contribution >= 0.6 is 0 Å². The number of carbonyl (C=O) groups excluding carboxylic acids is 2. The maximum absolute atomic E-state index is 13.1. The van der Waals surface area contributed by atoms with Crippen LogP contribution < -0.4 is 0 Å². The smallest absolute Gasteiger partial charge is 0.330 e. The summed E-state index contributed by atoms with van der Waals surface area (Å²) < 4.78 is 64.4. The number of esters is 2. The van der Waals surface area contributed by atoms with Crippen LogP contribution in [-0.2, 0) is 61.7 Å². The average molecular weight is 1140 g/mol. The first-order chi connectivity index (χ1) is 37.6. The second-order valence-electron chi connectivity index (χ2n) is 22.9. The molecule has 26 heteroatoms. The number of allylic oxidation sites excluding steroid dienone is 2. The molecule has 0 spiro atoms. The number of aliphatic hydroxyl groups is 13. The van der Waals surface area contributed by atoms with Gasteiger partial charge in [-0.25, -0.2) is 9.59 Å². The third kappa shape index (κ3) is 15.1. The Labute approximate surface area is 457 Å². The van der Waals surface area contributed by atoms with Gasteiger partial charge in [0.15, 0.2) is 25.0 Å². The zero-order valence-electron chi connectivity index (χ0n) is 44.7. The van der Waals surface area contributed by atoms with E-state index >= 15 is 0 Å². The van der Waals surface area contributed by atoms with Crippen molar-refractivity contribution in [2.45, 2.75) is 243 Å². The molecule has 0 bridgehead atoms. The molecular formula is C53H84O26. The monoisotopic (exact) mass is 1140 g/mol. The van der Waals surface area contributed by atoms with Crippen molar-refractivity contribution in [2.75, 3.05) is 27.4 Å². The van der Waals surface area contributed by atoms with E-state index < -0.39 is 190 Å².